The van der Waals surface area contributed by atoms with E-state index in [-0.39, 0.29) is 13.6 Å². The van der Waals surface area contributed by atoms with Gasteiger partial charge in [-0.2, -0.15) is 0 Å². The maximum atomic E-state index is 10.7. The lowest BCUT2D eigenvalue weighted by Gasteiger charge is -2.53. The summed E-state index contributed by atoms with van der Waals surface area (Å²) in [6, 6.07) is 0. The topological polar surface area (TPSA) is 66.4 Å². The molecule has 0 unspecified atom stereocenters. The average molecular weight is 246 g/mol. The van der Waals surface area contributed by atoms with Gasteiger partial charge in [0.1, 0.15) is 13.6 Å². The molecule has 2 spiro atoms. The fourth-order valence-electron chi connectivity index (χ4n) is 2.93. The first-order chi connectivity index (χ1) is 8.28. The van der Waals surface area contributed by atoms with Crippen molar-refractivity contribution in [3.8, 4) is 0 Å². The monoisotopic (exact) mass is 246 g/mol. The molecule has 3 aliphatic heterocycles. The first-order valence-corrected chi connectivity index (χ1v) is 5.84. The Morgan fingerprint density at radius 2 is 1.00 bits per heavy atom. The van der Waals surface area contributed by atoms with Crippen LogP contribution in [-0.4, -0.2) is 64.4 Å². The standard InChI is InChI=1S/C11H18O6/c12-9-10(3-14-7-15-4-10)1-13-2-11(9)5-16-8-17-6-11/h9,12H,1-8H2. The highest BCUT2D eigenvalue weighted by atomic mass is 16.7. The Morgan fingerprint density at radius 3 is 1.41 bits per heavy atom. The number of hydrogen-bond donors (Lipinski definition) is 1. The summed E-state index contributed by atoms with van der Waals surface area (Å²) in [7, 11) is 0. The van der Waals surface area contributed by atoms with E-state index in [0.717, 1.165) is 0 Å². The molecule has 0 aromatic carbocycles. The third kappa shape index (κ3) is 1.89. The second-order valence-electron chi connectivity index (χ2n) is 5.25. The molecule has 6 nitrogen and oxygen atoms in total. The summed E-state index contributed by atoms with van der Waals surface area (Å²) < 4.78 is 26.9. The van der Waals surface area contributed by atoms with E-state index in [0.29, 0.717) is 39.6 Å². The molecule has 6 heteroatoms. The van der Waals surface area contributed by atoms with Gasteiger partial charge >= 0.3 is 0 Å². The minimum atomic E-state index is -0.593. The number of ether oxygens (including phenoxy) is 5. The maximum Gasteiger partial charge on any atom is 0.146 e. The Labute approximate surface area is 99.7 Å². The van der Waals surface area contributed by atoms with E-state index in [1.807, 2.05) is 0 Å². The lowest BCUT2D eigenvalue weighted by molar-refractivity contribution is -0.301. The van der Waals surface area contributed by atoms with Crippen LogP contribution in [-0.2, 0) is 23.7 Å². The lowest BCUT2D eigenvalue weighted by atomic mass is 9.67. The van der Waals surface area contributed by atoms with Crippen LogP contribution >= 0.6 is 0 Å². The first-order valence-electron chi connectivity index (χ1n) is 5.84. The van der Waals surface area contributed by atoms with E-state index in [1.165, 1.54) is 0 Å². The smallest absolute Gasteiger partial charge is 0.146 e. The summed E-state index contributed by atoms with van der Waals surface area (Å²) in [5, 5.41) is 10.7. The van der Waals surface area contributed by atoms with Gasteiger partial charge in [0.05, 0.1) is 56.6 Å². The first kappa shape index (κ1) is 11.8. The molecule has 3 aliphatic rings. The number of aliphatic hydroxyl groups is 1. The Morgan fingerprint density at radius 1 is 0.647 bits per heavy atom. The van der Waals surface area contributed by atoms with Crippen molar-refractivity contribution >= 4 is 0 Å². The van der Waals surface area contributed by atoms with Gasteiger partial charge in [0.25, 0.3) is 0 Å². The van der Waals surface area contributed by atoms with Gasteiger partial charge in [-0.15, -0.1) is 0 Å². The summed E-state index contributed by atoms with van der Waals surface area (Å²) in [6.07, 6.45) is -0.593. The largest absolute Gasteiger partial charge is 0.391 e. The summed E-state index contributed by atoms with van der Waals surface area (Å²) in [6.45, 7) is 3.30. The molecule has 98 valence electrons. The molecule has 0 radical (unpaired) electrons. The second-order valence-corrected chi connectivity index (χ2v) is 5.25. The van der Waals surface area contributed by atoms with Crippen molar-refractivity contribution in [2.75, 3.05) is 53.2 Å². The van der Waals surface area contributed by atoms with Crippen molar-refractivity contribution in [2.24, 2.45) is 10.8 Å². The van der Waals surface area contributed by atoms with Crippen molar-refractivity contribution in [1.82, 2.24) is 0 Å². The van der Waals surface area contributed by atoms with Gasteiger partial charge in [0, 0.05) is 0 Å². The Bertz CT molecular complexity index is 232. The van der Waals surface area contributed by atoms with Crippen LogP contribution in [0.25, 0.3) is 0 Å². The Balaban J connectivity index is 1.82. The van der Waals surface area contributed by atoms with E-state index < -0.39 is 16.9 Å². The maximum absolute atomic E-state index is 10.7. The normalized spacial score (nSPS) is 33.0. The van der Waals surface area contributed by atoms with Gasteiger partial charge < -0.3 is 28.8 Å². The Kier molecular flexibility index (Phi) is 3.10. The molecule has 3 heterocycles. The van der Waals surface area contributed by atoms with Crippen LogP contribution in [0, 0.1) is 10.8 Å². The zero-order valence-electron chi connectivity index (χ0n) is 9.72. The van der Waals surface area contributed by atoms with Crippen molar-refractivity contribution in [2.45, 2.75) is 6.10 Å². The zero-order chi connectivity index (χ0) is 11.8. The minimum absolute atomic E-state index is 0.286. The zero-order valence-corrected chi connectivity index (χ0v) is 9.72. The fraction of sp³-hybridized carbons (Fsp3) is 1.00. The molecule has 0 aliphatic carbocycles. The fourth-order valence-corrected chi connectivity index (χ4v) is 2.93. The summed E-state index contributed by atoms with van der Waals surface area (Å²) in [4.78, 5) is 0. The van der Waals surface area contributed by atoms with Gasteiger partial charge in [-0.3, -0.25) is 0 Å². The van der Waals surface area contributed by atoms with E-state index in [4.69, 9.17) is 23.7 Å². The molecular weight excluding hydrogens is 228 g/mol. The molecule has 0 atom stereocenters. The molecule has 1 N–H and O–H groups in total. The second kappa shape index (κ2) is 4.46. The average Bonchev–Trinajstić information content (AvgIpc) is 2.39. The summed E-state index contributed by atoms with van der Waals surface area (Å²) in [5.41, 5.74) is -0.971. The van der Waals surface area contributed by atoms with Crippen LogP contribution in [0.2, 0.25) is 0 Å². The van der Waals surface area contributed by atoms with Gasteiger partial charge in [0.15, 0.2) is 0 Å². The molecule has 3 fully saturated rings. The minimum Gasteiger partial charge on any atom is -0.391 e. The van der Waals surface area contributed by atoms with Crippen molar-refractivity contribution < 1.29 is 28.8 Å². The van der Waals surface area contributed by atoms with Crippen LogP contribution in [0.4, 0.5) is 0 Å². The van der Waals surface area contributed by atoms with Crippen molar-refractivity contribution in [1.29, 1.82) is 0 Å². The summed E-state index contributed by atoms with van der Waals surface area (Å²) >= 11 is 0. The van der Waals surface area contributed by atoms with E-state index in [2.05, 4.69) is 0 Å². The molecule has 3 rings (SSSR count). The van der Waals surface area contributed by atoms with E-state index in [9.17, 15) is 5.11 Å². The van der Waals surface area contributed by atoms with E-state index in [1.54, 1.807) is 0 Å². The molecule has 3 saturated heterocycles. The summed E-state index contributed by atoms with van der Waals surface area (Å²) in [5.74, 6) is 0. The highest BCUT2D eigenvalue weighted by molar-refractivity contribution is 5.02. The van der Waals surface area contributed by atoms with Crippen LogP contribution < -0.4 is 0 Å². The van der Waals surface area contributed by atoms with Crippen LogP contribution in [0.3, 0.4) is 0 Å². The van der Waals surface area contributed by atoms with Gasteiger partial charge in [0.2, 0.25) is 0 Å². The lowest BCUT2D eigenvalue weighted by Crippen LogP contribution is -2.65. The molecule has 0 aromatic rings. The number of rotatable bonds is 0. The predicted octanol–water partition coefficient (Wildman–Crippen LogP) is -0.641. The molecule has 0 amide bonds. The van der Waals surface area contributed by atoms with Crippen molar-refractivity contribution in [3.63, 3.8) is 0 Å². The van der Waals surface area contributed by atoms with Crippen LogP contribution in [0.15, 0.2) is 0 Å². The SMILES string of the molecule is OC1C2(COCOC2)COCC12COCOC2. The highest BCUT2D eigenvalue weighted by Gasteiger charge is 2.56. The molecule has 0 bridgehead atoms. The Hall–Kier alpha value is -0.240. The third-order valence-corrected chi connectivity index (χ3v) is 3.83. The van der Waals surface area contributed by atoms with Crippen molar-refractivity contribution in [3.05, 3.63) is 0 Å². The van der Waals surface area contributed by atoms with Crippen LogP contribution in [0.1, 0.15) is 0 Å². The van der Waals surface area contributed by atoms with E-state index >= 15 is 0 Å². The third-order valence-electron chi connectivity index (χ3n) is 3.83. The van der Waals surface area contributed by atoms with Gasteiger partial charge in [-0.05, 0) is 0 Å². The molecule has 0 aromatic heterocycles. The molecule has 0 saturated carbocycles. The number of hydrogen-bond acceptors (Lipinski definition) is 6. The quantitative estimate of drug-likeness (QED) is 0.613. The predicted molar refractivity (Wildman–Crippen MR) is 55.2 cm³/mol. The van der Waals surface area contributed by atoms with Crippen LogP contribution in [0.5, 0.6) is 0 Å². The molecular formula is C11H18O6. The van der Waals surface area contributed by atoms with Gasteiger partial charge in [-0.1, -0.05) is 0 Å². The molecule has 17 heavy (non-hydrogen) atoms. The van der Waals surface area contributed by atoms with Gasteiger partial charge in [-0.25, -0.2) is 0 Å². The number of aliphatic hydroxyl groups excluding tert-OH is 1. The highest BCUT2D eigenvalue weighted by Crippen LogP contribution is 2.43.